The third kappa shape index (κ3) is 3.72. The van der Waals surface area contributed by atoms with Crippen molar-refractivity contribution < 1.29 is 0 Å². The van der Waals surface area contributed by atoms with Crippen LogP contribution in [0.25, 0.3) is 33.8 Å². The molecular weight excluding hydrogens is 354 g/mol. The second kappa shape index (κ2) is 7.41. The van der Waals surface area contributed by atoms with Crippen molar-refractivity contribution in [3.05, 3.63) is 95.6 Å². The van der Waals surface area contributed by atoms with Gasteiger partial charge in [-0.05, 0) is 29.3 Å². The zero-order chi connectivity index (χ0) is 18.6. The summed E-state index contributed by atoms with van der Waals surface area (Å²) in [6, 6.07) is 29.3. The van der Waals surface area contributed by atoms with Crippen molar-refractivity contribution in [2.45, 2.75) is 0 Å². The lowest BCUT2D eigenvalue weighted by Crippen LogP contribution is -1.93. The average Bonchev–Trinajstić information content (AvgIpc) is 2.74. The van der Waals surface area contributed by atoms with Gasteiger partial charge in [-0.2, -0.15) is 5.26 Å². The maximum atomic E-state index is 8.96. The van der Waals surface area contributed by atoms with Crippen LogP contribution in [0.2, 0.25) is 5.15 Å². The maximum Gasteiger partial charge on any atom is 0.161 e. The molecule has 128 valence electrons. The molecule has 0 amide bonds. The van der Waals surface area contributed by atoms with Crippen LogP contribution in [0.3, 0.4) is 0 Å². The molecule has 0 fully saturated rings. The molecule has 1 heterocycles. The van der Waals surface area contributed by atoms with Crippen molar-refractivity contribution in [1.29, 1.82) is 5.26 Å². The predicted octanol–water partition coefficient (Wildman–Crippen LogP) is 6.00. The molecular formula is C23H14ClN3. The van der Waals surface area contributed by atoms with Crippen LogP contribution in [-0.2, 0) is 0 Å². The monoisotopic (exact) mass is 367 g/mol. The number of hydrogen-bond acceptors (Lipinski definition) is 3. The Hall–Kier alpha value is -3.48. The molecule has 4 heteroatoms. The second-order valence-corrected chi connectivity index (χ2v) is 6.42. The van der Waals surface area contributed by atoms with Crippen molar-refractivity contribution in [2.75, 3.05) is 0 Å². The molecule has 0 aliphatic rings. The maximum absolute atomic E-state index is 8.96. The molecule has 0 aliphatic heterocycles. The molecule has 0 spiro atoms. The molecule has 0 aliphatic carbocycles. The Morgan fingerprint density at radius 1 is 0.667 bits per heavy atom. The molecule has 1 aromatic heterocycles. The molecule has 4 aromatic rings. The normalized spacial score (nSPS) is 10.4. The molecule has 27 heavy (non-hydrogen) atoms. The molecule has 0 saturated heterocycles. The standard InChI is InChI=1S/C23H14ClN3/c24-22-14-21(18-5-2-1-3-6-18)26-23(27-22)20-8-4-7-19(13-20)17-11-9-16(15-25)10-12-17/h1-14H. The number of nitrogens with zero attached hydrogens (tertiary/aromatic N) is 3. The first-order valence-corrected chi connectivity index (χ1v) is 8.82. The summed E-state index contributed by atoms with van der Waals surface area (Å²) in [5.74, 6) is 0.580. The van der Waals surface area contributed by atoms with E-state index in [4.69, 9.17) is 21.8 Å². The number of aromatic nitrogens is 2. The summed E-state index contributed by atoms with van der Waals surface area (Å²) >= 11 is 6.26. The number of halogens is 1. The van der Waals surface area contributed by atoms with Crippen LogP contribution in [0.15, 0.2) is 84.9 Å². The van der Waals surface area contributed by atoms with Gasteiger partial charge >= 0.3 is 0 Å². The molecule has 0 unspecified atom stereocenters. The molecule has 0 saturated carbocycles. The van der Waals surface area contributed by atoms with Gasteiger partial charge in [0, 0.05) is 17.2 Å². The van der Waals surface area contributed by atoms with Gasteiger partial charge in [0.25, 0.3) is 0 Å². The van der Waals surface area contributed by atoms with Crippen molar-refractivity contribution in [1.82, 2.24) is 9.97 Å². The second-order valence-electron chi connectivity index (χ2n) is 6.04. The van der Waals surface area contributed by atoms with Crippen LogP contribution >= 0.6 is 11.6 Å². The minimum Gasteiger partial charge on any atom is -0.228 e. The summed E-state index contributed by atoms with van der Waals surface area (Å²) in [5, 5.41) is 9.36. The van der Waals surface area contributed by atoms with Gasteiger partial charge in [0.2, 0.25) is 0 Å². The summed E-state index contributed by atoms with van der Waals surface area (Å²) in [7, 11) is 0. The summed E-state index contributed by atoms with van der Waals surface area (Å²) in [4.78, 5) is 9.10. The fourth-order valence-electron chi connectivity index (χ4n) is 2.88. The van der Waals surface area contributed by atoms with Gasteiger partial charge in [-0.3, -0.25) is 0 Å². The average molecular weight is 368 g/mol. The fourth-order valence-corrected chi connectivity index (χ4v) is 3.06. The Kier molecular flexibility index (Phi) is 4.65. The number of hydrogen-bond donors (Lipinski definition) is 0. The van der Waals surface area contributed by atoms with Crippen molar-refractivity contribution in [2.24, 2.45) is 0 Å². The van der Waals surface area contributed by atoms with Gasteiger partial charge < -0.3 is 0 Å². The van der Waals surface area contributed by atoms with Crippen LogP contribution in [0.1, 0.15) is 5.56 Å². The first kappa shape index (κ1) is 17.0. The molecule has 3 nitrogen and oxygen atoms in total. The molecule has 3 aromatic carbocycles. The Balaban J connectivity index is 1.76. The number of nitriles is 1. The lowest BCUT2D eigenvalue weighted by Gasteiger charge is -2.08. The Morgan fingerprint density at radius 3 is 2.11 bits per heavy atom. The summed E-state index contributed by atoms with van der Waals surface area (Å²) in [6.45, 7) is 0. The SMILES string of the molecule is N#Cc1ccc(-c2cccc(-c3nc(Cl)cc(-c4ccccc4)n3)c2)cc1. The molecule has 0 N–H and O–H groups in total. The topological polar surface area (TPSA) is 49.6 Å². The highest BCUT2D eigenvalue weighted by Gasteiger charge is 2.09. The molecule has 0 atom stereocenters. The van der Waals surface area contributed by atoms with Gasteiger partial charge in [0.15, 0.2) is 5.82 Å². The van der Waals surface area contributed by atoms with E-state index in [1.807, 2.05) is 78.9 Å². The highest BCUT2D eigenvalue weighted by Crippen LogP contribution is 2.28. The van der Waals surface area contributed by atoms with Gasteiger partial charge in [-0.1, -0.05) is 72.3 Å². The van der Waals surface area contributed by atoms with Crippen LogP contribution in [0, 0.1) is 11.3 Å². The Bertz CT molecular complexity index is 1130. The largest absolute Gasteiger partial charge is 0.228 e. The van der Waals surface area contributed by atoms with E-state index in [0.717, 1.165) is 27.9 Å². The van der Waals surface area contributed by atoms with Crippen LogP contribution in [0.5, 0.6) is 0 Å². The quantitative estimate of drug-likeness (QED) is 0.417. The van der Waals surface area contributed by atoms with E-state index in [0.29, 0.717) is 16.5 Å². The van der Waals surface area contributed by atoms with E-state index in [2.05, 4.69) is 11.1 Å². The highest BCUT2D eigenvalue weighted by molar-refractivity contribution is 6.29. The van der Waals surface area contributed by atoms with Crippen LogP contribution in [-0.4, -0.2) is 9.97 Å². The predicted molar refractivity (Wildman–Crippen MR) is 108 cm³/mol. The first-order chi connectivity index (χ1) is 13.2. The molecule has 0 radical (unpaired) electrons. The minimum atomic E-state index is 0.405. The van der Waals surface area contributed by atoms with Crippen molar-refractivity contribution >= 4 is 11.6 Å². The summed E-state index contributed by atoms with van der Waals surface area (Å²) in [5.41, 5.74) is 5.36. The Morgan fingerprint density at radius 2 is 1.37 bits per heavy atom. The van der Waals surface area contributed by atoms with Gasteiger partial charge in [0.05, 0.1) is 17.3 Å². The third-order valence-corrected chi connectivity index (χ3v) is 4.43. The number of benzene rings is 3. The zero-order valence-corrected chi connectivity index (χ0v) is 15.1. The summed E-state index contributed by atoms with van der Waals surface area (Å²) < 4.78 is 0. The molecule has 0 bridgehead atoms. The smallest absolute Gasteiger partial charge is 0.161 e. The third-order valence-electron chi connectivity index (χ3n) is 4.23. The van der Waals surface area contributed by atoms with Gasteiger partial charge in [-0.25, -0.2) is 9.97 Å². The van der Waals surface area contributed by atoms with E-state index < -0.39 is 0 Å². The van der Waals surface area contributed by atoms with Crippen molar-refractivity contribution in [3.63, 3.8) is 0 Å². The lowest BCUT2D eigenvalue weighted by molar-refractivity contribution is 1.18. The highest BCUT2D eigenvalue weighted by atomic mass is 35.5. The Labute approximate surface area is 162 Å². The van der Waals surface area contributed by atoms with E-state index >= 15 is 0 Å². The minimum absolute atomic E-state index is 0.405. The van der Waals surface area contributed by atoms with Crippen LogP contribution in [0.4, 0.5) is 0 Å². The van der Waals surface area contributed by atoms with Gasteiger partial charge in [0.1, 0.15) is 5.15 Å². The number of rotatable bonds is 3. The van der Waals surface area contributed by atoms with E-state index in [1.54, 1.807) is 6.07 Å². The fraction of sp³-hybridized carbons (Fsp3) is 0. The molecule has 4 rings (SSSR count). The van der Waals surface area contributed by atoms with Gasteiger partial charge in [-0.15, -0.1) is 0 Å². The van der Waals surface area contributed by atoms with Crippen LogP contribution < -0.4 is 0 Å². The zero-order valence-electron chi connectivity index (χ0n) is 14.3. The van der Waals surface area contributed by atoms with E-state index in [9.17, 15) is 0 Å². The lowest BCUT2D eigenvalue weighted by atomic mass is 10.0. The van der Waals surface area contributed by atoms with E-state index in [-0.39, 0.29) is 0 Å². The first-order valence-electron chi connectivity index (χ1n) is 8.44. The van der Waals surface area contributed by atoms with E-state index in [1.165, 1.54) is 0 Å². The van der Waals surface area contributed by atoms with Crippen molar-refractivity contribution in [3.8, 4) is 39.8 Å². The summed E-state index contributed by atoms with van der Waals surface area (Å²) in [6.07, 6.45) is 0.